The minimum Gasteiger partial charge on any atom is -0.497 e. The van der Waals surface area contributed by atoms with Gasteiger partial charge in [0.2, 0.25) is 0 Å². The molecule has 0 spiro atoms. The molecule has 1 aliphatic rings. The van der Waals surface area contributed by atoms with E-state index in [9.17, 15) is 4.79 Å². The average molecular weight is 317 g/mol. The van der Waals surface area contributed by atoms with Crippen LogP contribution in [0.5, 0.6) is 5.75 Å². The van der Waals surface area contributed by atoms with Crippen LogP contribution in [0.25, 0.3) is 0 Å². The number of carbonyl (C=O) groups is 1. The van der Waals surface area contributed by atoms with Gasteiger partial charge in [-0.25, -0.2) is 4.98 Å². The van der Waals surface area contributed by atoms with Crippen molar-refractivity contribution in [2.24, 2.45) is 5.41 Å². The number of methoxy groups -OCH3 is 1. The first-order valence-corrected chi connectivity index (χ1v) is 7.97. The number of rotatable bonds is 3. The van der Waals surface area contributed by atoms with E-state index in [4.69, 9.17) is 4.74 Å². The maximum absolute atomic E-state index is 12.2. The first kappa shape index (κ1) is 14.8. The summed E-state index contributed by atoms with van der Waals surface area (Å²) in [5.41, 5.74) is 1.82. The number of nitrogens with zero attached hydrogens (tertiary/aromatic N) is 1. The van der Waals surface area contributed by atoms with E-state index in [1.165, 1.54) is 11.3 Å². The lowest BCUT2D eigenvalue weighted by atomic mass is 9.88. The van der Waals surface area contributed by atoms with Gasteiger partial charge in [0.15, 0.2) is 5.13 Å². The lowest BCUT2D eigenvalue weighted by molar-refractivity contribution is 0.0948. The minimum absolute atomic E-state index is 0.0202. The standard InChI is InChI=1S/C16H19N3O2S/c1-16(2)8-12-13(14(20)17-9-16)22-15(19-12)18-10-4-6-11(21-3)7-5-10/h4-7H,8-9H2,1-3H3,(H,17,20)(H,18,19). The third-order valence-electron chi connectivity index (χ3n) is 3.62. The molecule has 0 saturated heterocycles. The number of hydrogen-bond acceptors (Lipinski definition) is 5. The molecule has 0 unspecified atom stereocenters. The largest absolute Gasteiger partial charge is 0.497 e. The number of anilines is 2. The Morgan fingerprint density at radius 2 is 2.05 bits per heavy atom. The second kappa shape index (κ2) is 5.61. The molecule has 0 aliphatic carbocycles. The molecule has 0 bridgehead atoms. The van der Waals surface area contributed by atoms with Crippen molar-refractivity contribution in [1.29, 1.82) is 0 Å². The molecule has 0 fully saturated rings. The van der Waals surface area contributed by atoms with Crippen LogP contribution in [0.4, 0.5) is 10.8 Å². The Hall–Kier alpha value is -2.08. The molecule has 0 atom stereocenters. The van der Waals surface area contributed by atoms with Crippen LogP contribution in [0.2, 0.25) is 0 Å². The molecule has 2 N–H and O–H groups in total. The van der Waals surface area contributed by atoms with Crippen LogP contribution in [0.15, 0.2) is 24.3 Å². The smallest absolute Gasteiger partial charge is 0.263 e. The molecule has 0 saturated carbocycles. The van der Waals surface area contributed by atoms with E-state index < -0.39 is 0 Å². The van der Waals surface area contributed by atoms with Crippen molar-refractivity contribution < 1.29 is 9.53 Å². The van der Waals surface area contributed by atoms with Gasteiger partial charge in [-0.05, 0) is 36.1 Å². The number of hydrogen-bond donors (Lipinski definition) is 2. The van der Waals surface area contributed by atoms with Gasteiger partial charge in [-0.3, -0.25) is 4.79 Å². The molecule has 0 radical (unpaired) electrons. The maximum atomic E-state index is 12.2. The van der Waals surface area contributed by atoms with Crippen LogP contribution in [-0.2, 0) is 6.42 Å². The van der Waals surface area contributed by atoms with E-state index in [0.717, 1.165) is 28.7 Å². The third kappa shape index (κ3) is 3.06. The zero-order chi connectivity index (χ0) is 15.7. The highest BCUT2D eigenvalue weighted by Crippen LogP contribution is 2.32. The van der Waals surface area contributed by atoms with E-state index in [1.807, 2.05) is 24.3 Å². The Kier molecular flexibility index (Phi) is 3.78. The molecule has 3 rings (SSSR count). The Balaban J connectivity index is 1.84. The quantitative estimate of drug-likeness (QED) is 0.912. The number of benzene rings is 1. The molecule has 6 heteroatoms. The van der Waals surface area contributed by atoms with E-state index in [-0.39, 0.29) is 11.3 Å². The van der Waals surface area contributed by atoms with Gasteiger partial charge < -0.3 is 15.4 Å². The van der Waals surface area contributed by atoms with Crippen molar-refractivity contribution in [3.8, 4) is 5.75 Å². The van der Waals surface area contributed by atoms with Crippen molar-refractivity contribution in [2.75, 3.05) is 19.0 Å². The highest BCUT2D eigenvalue weighted by atomic mass is 32.1. The highest BCUT2D eigenvalue weighted by Gasteiger charge is 2.30. The van der Waals surface area contributed by atoms with Crippen molar-refractivity contribution in [3.63, 3.8) is 0 Å². The summed E-state index contributed by atoms with van der Waals surface area (Å²) < 4.78 is 5.14. The van der Waals surface area contributed by atoms with Gasteiger partial charge in [-0.2, -0.15) is 0 Å². The first-order valence-electron chi connectivity index (χ1n) is 7.16. The van der Waals surface area contributed by atoms with E-state index in [2.05, 4.69) is 29.5 Å². The van der Waals surface area contributed by atoms with Gasteiger partial charge in [0.05, 0.1) is 12.8 Å². The van der Waals surface area contributed by atoms with Crippen LogP contribution < -0.4 is 15.4 Å². The molecule has 1 amide bonds. The van der Waals surface area contributed by atoms with Gasteiger partial charge in [0.1, 0.15) is 10.6 Å². The zero-order valence-electron chi connectivity index (χ0n) is 12.9. The number of aromatic nitrogens is 1. The lowest BCUT2D eigenvalue weighted by Crippen LogP contribution is -2.31. The molecule has 116 valence electrons. The summed E-state index contributed by atoms with van der Waals surface area (Å²) in [6, 6.07) is 7.62. The Labute approximate surface area is 133 Å². The Bertz CT molecular complexity index is 692. The summed E-state index contributed by atoms with van der Waals surface area (Å²) in [6.07, 6.45) is 0.794. The van der Waals surface area contributed by atoms with Crippen molar-refractivity contribution in [2.45, 2.75) is 20.3 Å². The summed E-state index contributed by atoms with van der Waals surface area (Å²) in [6.45, 7) is 4.95. The number of fused-ring (bicyclic) bond motifs is 1. The lowest BCUT2D eigenvalue weighted by Gasteiger charge is -2.21. The predicted molar refractivity (Wildman–Crippen MR) is 88.2 cm³/mol. The van der Waals surface area contributed by atoms with E-state index in [0.29, 0.717) is 11.4 Å². The fourth-order valence-electron chi connectivity index (χ4n) is 2.42. The summed E-state index contributed by atoms with van der Waals surface area (Å²) in [4.78, 5) is 17.5. The molecular formula is C16H19N3O2S. The number of ether oxygens (including phenoxy) is 1. The van der Waals surface area contributed by atoms with Crippen LogP contribution in [0.3, 0.4) is 0 Å². The number of nitrogens with one attached hydrogen (secondary N) is 2. The van der Waals surface area contributed by atoms with Gasteiger partial charge in [0, 0.05) is 12.2 Å². The predicted octanol–water partition coefficient (Wildman–Crippen LogP) is 3.21. The molecule has 22 heavy (non-hydrogen) atoms. The van der Waals surface area contributed by atoms with E-state index >= 15 is 0 Å². The monoisotopic (exact) mass is 317 g/mol. The van der Waals surface area contributed by atoms with Crippen LogP contribution in [-0.4, -0.2) is 24.5 Å². The fourth-order valence-corrected chi connectivity index (χ4v) is 3.33. The second-order valence-electron chi connectivity index (χ2n) is 6.17. The third-order valence-corrected chi connectivity index (χ3v) is 4.63. The average Bonchev–Trinajstić information content (AvgIpc) is 2.83. The van der Waals surface area contributed by atoms with E-state index in [1.54, 1.807) is 7.11 Å². The molecule has 1 aliphatic heterocycles. The maximum Gasteiger partial charge on any atom is 0.263 e. The summed E-state index contributed by atoms with van der Waals surface area (Å²) >= 11 is 1.40. The number of thiazole rings is 1. The molecule has 2 heterocycles. The van der Waals surface area contributed by atoms with Gasteiger partial charge in [-0.1, -0.05) is 25.2 Å². The zero-order valence-corrected chi connectivity index (χ0v) is 13.7. The summed E-state index contributed by atoms with van der Waals surface area (Å²) in [5.74, 6) is 0.780. The fraction of sp³-hybridized carbons (Fsp3) is 0.375. The number of amides is 1. The van der Waals surface area contributed by atoms with Crippen molar-refractivity contribution in [3.05, 3.63) is 34.8 Å². The number of carbonyl (C=O) groups excluding carboxylic acids is 1. The topological polar surface area (TPSA) is 63.2 Å². The van der Waals surface area contributed by atoms with Crippen molar-refractivity contribution >= 4 is 28.1 Å². The van der Waals surface area contributed by atoms with Crippen LogP contribution in [0.1, 0.15) is 29.2 Å². The van der Waals surface area contributed by atoms with Crippen molar-refractivity contribution in [1.82, 2.24) is 10.3 Å². The SMILES string of the molecule is COc1ccc(Nc2nc3c(s2)C(=O)NCC(C)(C)C3)cc1. The highest BCUT2D eigenvalue weighted by molar-refractivity contribution is 7.17. The van der Waals surface area contributed by atoms with Gasteiger partial charge in [0.25, 0.3) is 5.91 Å². The Morgan fingerprint density at radius 3 is 2.73 bits per heavy atom. The second-order valence-corrected chi connectivity index (χ2v) is 7.17. The van der Waals surface area contributed by atoms with Gasteiger partial charge in [-0.15, -0.1) is 0 Å². The first-order chi connectivity index (χ1) is 10.5. The minimum atomic E-state index is -0.0270. The molecular weight excluding hydrogens is 298 g/mol. The summed E-state index contributed by atoms with van der Waals surface area (Å²) in [5, 5.41) is 6.96. The molecule has 2 aromatic rings. The molecule has 1 aromatic carbocycles. The molecule has 1 aromatic heterocycles. The van der Waals surface area contributed by atoms with Gasteiger partial charge >= 0.3 is 0 Å². The summed E-state index contributed by atoms with van der Waals surface area (Å²) in [7, 11) is 1.64. The van der Waals surface area contributed by atoms with Crippen LogP contribution >= 0.6 is 11.3 Å². The molecule has 5 nitrogen and oxygen atoms in total. The Morgan fingerprint density at radius 1 is 1.32 bits per heavy atom. The normalized spacial score (nSPS) is 16.4. The van der Waals surface area contributed by atoms with Crippen LogP contribution in [0, 0.1) is 5.41 Å².